The number of halogens is 10. The van der Waals surface area contributed by atoms with Crippen LogP contribution in [0.1, 0.15) is 47.2 Å². The summed E-state index contributed by atoms with van der Waals surface area (Å²) in [4.78, 5) is 24.7. The summed E-state index contributed by atoms with van der Waals surface area (Å²) in [5.74, 6) is -4.45. The van der Waals surface area contributed by atoms with Crippen LogP contribution in [0.25, 0.3) is 6.08 Å². The van der Waals surface area contributed by atoms with Crippen LogP contribution in [0.4, 0.5) is 26.3 Å². The van der Waals surface area contributed by atoms with Crippen molar-refractivity contribution in [3.05, 3.63) is 72.6 Å². The second kappa shape index (κ2) is 12.9. The van der Waals surface area contributed by atoms with E-state index >= 15 is 0 Å². The number of ketones is 1. The summed E-state index contributed by atoms with van der Waals surface area (Å²) >= 11 is 20.8. The molecule has 0 spiro atoms. The average molecular weight is 654 g/mol. The smallest absolute Gasteiger partial charge is 0.347 e. The zero-order valence-corrected chi connectivity index (χ0v) is 22.8. The van der Waals surface area contributed by atoms with Gasteiger partial charge in [0.05, 0.1) is 21.0 Å². The van der Waals surface area contributed by atoms with E-state index in [-0.39, 0.29) is 43.5 Å². The monoisotopic (exact) mass is 651 g/mol. The highest BCUT2D eigenvalue weighted by molar-refractivity contribution is 9.10. The van der Waals surface area contributed by atoms with Gasteiger partial charge < -0.3 is 5.32 Å². The van der Waals surface area contributed by atoms with Crippen LogP contribution in [0.2, 0.25) is 15.1 Å². The minimum atomic E-state index is -4.67. The fourth-order valence-electron chi connectivity index (χ4n) is 3.32. The Morgan fingerprint density at radius 3 is 2.11 bits per heavy atom. The maximum Gasteiger partial charge on any atom is 0.405 e. The average Bonchev–Trinajstić information content (AvgIpc) is 2.78. The first kappa shape index (κ1) is 31.5. The first-order valence-corrected chi connectivity index (χ1v) is 12.5. The molecule has 0 heterocycles. The standard InChI is InChI=1S/C24H19BrCl3F6NO2/c1-2-13(22(37)35-11-23(29,30)31)10-20(36)15-5-3-12(7-17(15)25)4-6-16(24(32,33)34)14-8-18(26)21(28)19(27)9-14/h3-9,13,16H,2,10-11H2,1H3,(H,35,37)/b6-4+/t13-,16?/m1/s1. The number of benzene rings is 2. The number of carbonyl (C=O) groups excluding carboxylic acids is 2. The van der Waals surface area contributed by atoms with E-state index < -0.39 is 42.4 Å². The van der Waals surface area contributed by atoms with Gasteiger partial charge in [0.25, 0.3) is 0 Å². The zero-order chi connectivity index (χ0) is 28.1. The molecule has 37 heavy (non-hydrogen) atoms. The van der Waals surface area contributed by atoms with E-state index in [1.54, 1.807) is 12.2 Å². The third-order valence-corrected chi connectivity index (χ3v) is 7.10. The van der Waals surface area contributed by atoms with Gasteiger partial charge in [-0.3, -0.25) is 9.59 Å². The van der Waals surface area contributed by atoms with Crippen molar-refractivity contribution >= 4 is 68.5 Å². The second-order valence-electron chi connectivity index (χ2n) is 7.98. The van der Waals surface area contributed by atoms with Gasteiger partial charge in [-0.05, 0) is 41.8 Å². The van der Waals surface area contributed by atoms with Gasteiger partial charge in [-0.2, -0.15) is 26.3 Å². The Balaban J connectivity index is 2.22. The molecule has 1 unspecified atom stereocenters. The lowest BCUT2D eigenvalue weighted by Gasteiger charge is -2.18. The number of hydrogen-bond donors (Lipinski definition) is 1. The molecule has 0 aliphatic rings. The Morgan fingerprint density at radius 2 is 1.62 bits per heavy atom. The SMILES string of the molecule is CC[C@H](CC(=O)c1ccc(/C=C/C(c2cc(Cl)c(Cl)c(Cl)c2)C(F)(F)F)cc1Br)C(=O)NCC(F)(F)F. The Bertz CT molecular complexity index is 1160. The van der Waals surface area contributed by atoms with Gasteiger partial charge in [0.2, 0.25) is 5.91 Å². The quantitative estimate of drug-likeness (QED) is 0.167. The number of rotatable bonds is 9. The van der Waals surface area contributed by atoms with Gasteiger partial charge in [-0.25, -0.2) is 0 Å². The first-order valence-electron chi connectivity index (χ1n) is 10.6. The van der Waals surface area contributed by atoms with Crippen molar-refractivity contribution in [2.24, 2.45) is 5.92 Å². The first-order chi connectivity index (χ1) is 17.0. The Kier molecular flexibility index (Phi) is 10.9. The molecule has 0 radical (unpaired) electrons. The molecular weight excluding hydrogens is 635 g/mol. The predicted octanol–water partition coefficient (Wildman–Crippen LogP) is 9.05. The Hall–Kier alpha value is -1.75. The fraction of sp³-hybridized carbons (Fsp3) is 0.333. The van der Waals surface area contributed by atoms with Crippen LogP contribution < -0.4 is 5.32 Å². The zero-order valence-electron chi connectivity index (χ0n) is 18.9. The highest BCUT2D eigenvalue weighted by Crippen LogP contribution is 2.41. The third-order valence-electron chi connectivity index (χ3n) is 5.25. The number of hydrogen-bond acceptors (Lipinski definition) is 2. The summed E-state index contributed by atoms with van der Waals surface area (Å²) in [6.45, 7) is 0.0563. The summed E-state index contributed by atoms with van der Waals surface area (Å²) in [5.41, 5.74) is 0.227. The largest absolute Gasteiger partial charge is 0.405 e. The topological polar surface area (TPSA) is 46.2 Å². The molecule has 0 bridgehead atoms. The molecule has 1 amide bonds. The molecule has 0 saturated heterocycles. The maximum atomic E-state index is 13.7. The molecule has 2 aromatic rings. The molecule has 2 atom stereocenters. The van der Waals surface area contributed by atoms with E-state index in [2.05, 4.69) is 15.9 Å². The van der Waals surface area contributed by atoms with Crippen LogP contribution in [0.5, 0.6) is 0 Å². The lowest BCUT2D eigenvalue weighted by molar-refractivity contribution is -0.140. The van der Waals surface area contributed by atoms with Crippen LogP contribution >= 0.6 is 50.7 Å². The lowest BCUT2D eigenvalue weighted by Crippen LogP contribution is -2.38. The van der Waals surface area contributed by atoms with E-state index in [0.717, 1.165) is 18.2 Å². The number of carbonyl (C=O) groups is 2. The Morgan fingerprint density at radius 1 is 1.03 bits per heavy atom. The van der Waals surface area contributed by atoms with Gasteiger partial charge in [-0.1, -0.05) is 75.9 Å². The number of nitrogens with one attached hydrogen (secondary N) is 1. The number of amides is 1. The molecule has 1 N–H and O–H groups in total. The van der Waals surface area contributed by atoms with E-state index in [1.165, 1.54) is 24.3 Å². The summed E-state index contributed by atoms with van der Waals surface area (Å²) in [6.07, 6.45) is -7.37. The van der Waals surface area contributed by atoms with Crippen molar-refractivity contribution in [1.82, 2.24) is 5.32 Å². The minimum absolute atomic E-state index is 0.0654. The Labute approximate surface area is 232 Å². The van der Waals surface area contributed by atoms with Crippen molar-refractivity contribution in [3.8, 4) is 0 Å². The van der Waals surface area contributed by atoms with Crippen molar-refractivity contribution in [3.63, 3.8) is 0 Å². The van der Waals surface area contributed by atoms with Crippen LogP contribution in [0, 0.1) is 5.92 Å². The summed E-state index contributed by atoms with van der Waals surface area (Å²) in [6, 6.07) is 6.30. The molecular formula is C24H19BrCl3F6NO2. The molecule has 2 aromatic carbocycles. The third kappa shape index (κ3) is 9.19. The van der Waals surface area contributed by atoms with Crippen LogP contribution in [-0.4, -0.2) is 30.6 Å². The van der Waals surface area contributed by atoms with Crippen LogP contribution in [0.15, 0.2) is 40.9 Å². The lowest BCUT2D eigenvalue weighted by atomic mass is 9.94. The number of allylic oxidation sites excluding steroid dienone is 1. The van der Waals surface area contributed by atoms with Gasteiger partial charge >= 0.3 is 12.4 Å². The van der Waals surface area contributed by atoms with Crippen molar-refractivity contribution < 1.29 is 35.9 Å². The molecule has 2 rings (SSSR count). The van der Waals surface area contributed by atoms with Gasteiger partial charge in [0, 0.05) is 22.4 Å². The highest BCUT2D eigenvalue weighted by atomic mass is 79.9. The molecule has 3 nitrogen and oxygen atoms in total. The summed E-state index contributed by atoms with van der Waals surface area (Å²) in [7, 11) is 0. The molecule has 13 heteroatoms. The molecule has 0 saturated carbocycles. The maximum absolute atomic E-state index is 13.7. The molecule has 0 aromatic heterocycles. The second-order valence-corrected chi connectivity index (χ2v) is 10.0. The van der Waals surface area contributed by atoms with Gasteiger partial charge in [-0.15, -0.1) is 0 Å². The summed E-state index contributed by atoms with van der Waals surface area (Å²) < 4.78 is 78.5. The van der Waals surface area contributed by atoms with E-state index in [9.17, 15) is 35.9 Å². The molecule has 0 fully saturated rings. The minimum Gasteiger partial charge on any atom is -0.347 e. The molecule has 0 aliphatic carbocycles. The van der Waals surface area contributed by atoms with E-state index in [1.807, 2.05) is 0 Å². The van der Waals surface area contributed by atoms with Crippen molar-refractivity contribution in [2.75, 3.05) is 6.54 Å². The van der Waals surface area contributed by atoms with Crippen molar-refractivity contribution in [2.45, 2.75) is 38.0 Å². The molecule has 0 aliphatic heterocycles. The number of Topliss-reactive ketones (excluding diaryl/α,β-unsaturated/α-hetero) is 1. The van der Waals surface area contributed by atoms with Gasteiger partial charge in [0.1, 0.15) is 6.54 Å². The van der Waals surface area contributed by atoms with Crippen molar-refractivity contribution in [1.29, 1.82) is 0 Å². The fourth-order valence-corrected chi connectivity index (χ4v) is 4.55. The van der Waals surface area contributed by atoms with Gasteiger partial charge in [0.15, 0.2) is 5.78 Å². The highest BCUT2D eigenvalue weighted by Gasteiger charge is 2.39. The van der Waals surface area contributed by atoms with Crippen LogP contribution in [0.3, 0.4) is 0 Å². The van der Waals surface area contributed by atoms with E-state index in [0.29, 0.717) is 5.56 Å². The predicted molar refractivity (Wildman–Crippen MR) is 135 cm³/mol. The number of alkyl halides is 6. The molecule has 202 valence electrons. The normalized spacial score (nSPS) is 14.0. The van der Waals surface area contributed by atoms with E-state index in [4.69, 9.17) is 34.8 Å². The summed E-state index contributed by atoms with van der Waals surface area (Å²) in [5, 5.41) is 1.44. The van der Waals surface area contributed by atoms with Crippen LogP contribution in [-0.2, 0) is 4.79 Å².